The van der Waals surface area contributed by atoms with Crippen molar-refractivity contribution in [3.63, 3.8) is 0 Å². The summed E-state index contributed by atoms with van der Waals surface area (Å²) < 4.78 is 5.20. The summed E-state index contributed by atoms with van der Waals surface area (Å²) in [5, 5.41) is 6.36. The quantitative estimate of drug-likeness (QED) is 0.888. The number of amides is 1. The molecule has 0 bridgehead atoms. The largest absolute Gasteiger partial charge is 0.497 e. The number of ether oxygens (including phenoxy) is 1. The average Bonchev–Trinajstić information content (AvgIpc) is 2.93. The van der Waals surface area contributed by atoms with Gasteiger partial charge in [0, 0.05) is 17.8 Å². The van der Waals surface area contributed by atoms with Crippen molar-refractivity contribution in [2.75, 3.05) is 12.4 Å². The van der Waals surface area contributed by atoms with E-state index in [0.29, 0.717) is 6.54 Å². The van der Waals surface area contributed by atoms with Gasteiger partial charge >= 0.3 is 0 Å². The Labute approximate surface area is 130 Å². The number of anilines is 1. The van der Waals surface area contributed by atoms with Gasteiger partial charge < -0.3 is 15.4 Å². The Balaban J connectivity index is 1.80. The number of benzene rings is 2. The van der Waals surface area contributed by atoms with Gasteiger partial charge in [0.25, 0.3) is 5.91 Å². The maximum absolute atomic E-state index is 11.8. The fourth-order valence-corrected chi connectivity index (χ4v) is 2.76. The van der Waals surface area contributed by atoms with E-state index in [4.69, 9.17) is 4.74 Å². The molecule has 2 aromatic rings. The first-order valence-electron chi connectivity index (χ1n) is 7.53. The monoisotopic (exact) mass is 296 g/mol. The van der Waals surface area contributed by atoms with Crippen LogP contribution in [0.1, 0.15) is 40.9 Å². The van der Waals surface area contributed by atoms with Crippen molar-refractivity contribution in [2.45, 2.75) is 25.9 Å². The van der Waals surface area contributed by atoms with Crippen molar-refractivity contribution in [3.8, 4) is 5.75 Å². The third-order valence-corrected chi connectivity index (χ3v) is 4.06. The van der Waals surface area contributed by atoms with Crippen LogP contribution in [0.25, 0.3) is 0 Å². The summed E-state index contributed by atoms with van der Waals surface area (Å²) in [5.41, 5.74) is 4.01. The van der Waals surface area contributed by atoms with E-state index in [0.717, 1.165) is 29.0 Å². The first-order valence-corrected chi connectivity index (χ1v) is 7.53. The summed E-state index contributed by atoms with van der Waals surface area (Å²) in [4.78, 5) is 11.8. The molecule has 4 heteroatoms. The molecule has 0 fully saturated rings. The lowest BCUT2D eigenvalue weighted by atomic mass is 10.0. The van der Waals surface area contributed by atoms with Crippen LogP contribution in [0.5, 0.6) is 5.75 Å². The minimum Gasteiger partial charge on any atom is -0.497 e. The standard InChI is InChI=1S/C18H20N2O2/c1-3-17(12-5-8-15(22-2)9-6-12)20-14-7-4-13-11-19-18(21)16(13)10-14/h4-10,17,20H,3,11H2,1-2H3,(H,19,21). The van der Waals surface area contributed by atoms with E-state index in [1.165, 1.54) is 5.56 Å². The van der Waals surface area contributed by atoms with Crippen molar-refractivity contribution in [1.82, 2.24) is 5.32 Å². The predicted octanol–water partition coefficient (Wildman–Crippen LogP) is 3.50. The van der Waals surface area contributed by atoms with E-state index in [9.17, 15) is 4.79 Å². The molecule has 0 spiro atoms. The minimum absolute atomic E-state index is 0.0103. The topological polar surface area (TPSA) is 50.4 Å². The van der Waals surface area contributed by atoms with Gasteiger partial charge in [0.05, 0.1) is 13.2 Å². The Morgan fingerprint density at radius 1 is 1.23 bits per heavy atom. The molecule has 3 rings (SSSR count). The van der Waals surface area contributed by atoms with Crippen LogP contribution in [-0.4, -0.2) is 13.0 Å². The van der Waals surface area contributed by atoms with Gasteiger partial charge in [-0.2, -0.15) is 0 Å². The minimum atomic E-state index is 0.0103. The normalized spacial score (nSPS) is 14.2. The first kappa shape index (κ1) is 14.4. The summed E-state index contributed by atoms with van der Waals surface area (Å²) in [5.74, 6) is 0.865. The summed E-state index contributed by atoms with van der Waals surface area (Å²) in [6.45, 7) is 2.77. The van der Waals surface area contributed by atoms with Crippen LogP contribution >= 0.6 is 0 Å². The summed E-state index contributed by atoms with van der Waals surface area (Å²) >= 11 is 0. The van der Waals surface area contributed by atoms with Gasteiger partial charge in [-0.25, -0.2) is 0 Å². The Kier molecular flexibility index (Phi) is 4.00. The second-order valence-electron chi connectivity index (χ2n) is 5.43. The molecule has 0 aromatic heterocycles. The molecule has 4 nitrogen and oxygen atoms in total. The smallest absolute Gasteiger partial charge is 0.251 e. The lowest BCUT2D eigenvalue weighted by molar-refractivity contribution is 0.0966. The number of fused-ring (bicyclic) bond motifs is 1. The number of hydrogen-bond acceptors (Lipinski definition) is 3. The van der Waals surface area contributed by atoms with Crippen LogP contribution in [0.2, 0.25) is 0 Å². The number of methoxy groups -OCH3 is 1. The summed E-state index contributed by atoms with van der Waals surface area (Å²) in [6.07, 6.45) is 0.954. The molecule has 2 N–H and O–H groups in total. The number of carbonyl (C=O) groups excluding carboxylic acids is 1. The van der Waals surface area contributed by atoms with E-state index >= 15 is 0 Å². The van der Waals surface area contributed by atoms with Crippen LogP contribution < -0.4 is 15.4 Å². The van der Waals surface area contributed by atoms with Crippen molar-refractivity contribution >= 4 is 11.6 Å². The number of rotatable bonds is 5. The number of hydrogen-bond donors (Lipinski definition) is 2. The van der Waals surface area contributed by atoms with Gasteiger partial charge in [0.2, 0.25) is 0 Å². The first-order chi connectivity index (χ1) is 10.7. The second-order valence-corrected chi connectivity index (χ2v) is 5.43. The molecule has 1 heterocycles. The summed E-state index contributed by atoms with van der Waals surface area (Å²) in [6, 6.07) is 14.3. The third kappa shape index (κ3) is 2.77. The Hall–Kier alpha value is -2.49. The fraction of sp³-hybridized carbons (Fsp3) is 0.278. The zero-order valence-corrected chi connectivity index (χ0v) is 12.8. The van der Waals surface area contributed by atoms with Crippen LogP contribution in [0.15, 0.2) is 42.5 Å². The van der Waals surface area contributed by atoms with Gasteiger partial charge in [-0.1, -0.05) is 25.1 Å². The van der Waals surface area contributed by atoms with Gasteiger partial charge in [-0.3, -0.25) is 4.79 Å². The zero-order chi connectivity index (χ0) is 15.5. The molecular weight excluding hydrogens is 276 g/mol. The highest BCUT2D eigenvalue weighted by atomic mass is 16.5. The molecule has 0 saturated carbocycles. The highest BCUT2D eigenvalue weighted by Crippen LogP contribution is 2.27. The Bertz CT molecular complexity index is 680. The molecule has 1 aliphatic heterocycles. The molecule has 1 aliphatic rings. The van der Waals surface area contributed by atoms with E-state index in [1.54, 1.807) is 7.11 Å². The highest BCUT2D eigenvalue weighted by molar-refractivity contribution is 5.99. The fourth-order valence-electron chi connectivity index (χ4n) is 2.76. The Morgan fingerprint density at radius 2 is 2.00 bits per heavy atom. The van der Waals surface area contributed by atoms with E-state index < -0.39 is 0 Å². The van der Waals surface area contributed by atoms with Crippen LogP contribution in [0.4, 0.5) is 5.69 Å². The van der Waals surface area contributed by atoms with Gasteiger partial charge in [0.1, 0.15) is 5.75 Å². The molecule has 2 aromatic carbocycles. The number of carbonyl (C=O) groups is 1. The summed E-state index contributed by atoms with van der Waals surface area (Å²) in [7, 11) is 1.67. The lowest BCUT2D eigenvalue weighted by Gasteiger charge is -2.19. The maximum Gasteiger partial charge on any atom is 0.251 e. The third-order valence-electron chi connectivity index (χ3n) is 4.06. The number of nitrogens with one attached hydrogen (secondary N) is 2. The van der Waals surface area contributed by atoms with Gasteiger partial charge in [-0.05, 0) is 41.8 Å². The predicted molar refractivity (Wildman–Crippen MR) is 87.3 cm³/mol. The molecule has 1 atom stereocenters. The molecule has 1 unspecified atom stereocenters. The molecule has 0 aliphatic carbocycles. The lowest BCUT2D eigenvalue weighted by Crippen LogP contribution is -2.13. The van der Waals surface area contributed by atoms with Crippen molar-refractivity contribution in [1.29, 1.82) is 0 Å². The SMILES string of the molecule is CCC(Nc1ccc2c(c1)C(=O)NC2)c1ccc(OC)cc1. The van der Waals surface area contributed by atoms with E-state index in [-0.39, 0.29) is 11.9 Å². The Morgan fingerprint density at radius 3 is 2.68 bits per heavy atom. The van der Waals surface area contributed by atoms with Crippen LogP contribution in [0, 0.1) is 0 Å². The maximum atomic E-state index is 11.8. The molecular formula is C18H20N2O2. The van der Waals surface area contributed by atoms with Gasteiger partial charge in [0.15, 0.2) is 0 Å². The molecule has 1 amide bonds. The van der Waals surface area contributed by atoms with E-state index in [1.807, 2.05) is 30.3 Å². The zero-order valence-electron chi connectivity index (χ0n) is 12.8. The van der Waals surface area contributed by atoms with E-state index in [2.05, 4.69) is 29.7 Å². The molecule has 22 heavy (non-hydrogen) atoms. The second kappa shape index (κ2) is 6.10. The van der Waals surface area contributed by atoms with Crippen LogP contribution in [0.3, 0.4) is 0 Å². The molecule has 0 radical (unpaired) electrons. The molecule has 114 valence electrons. The van der Waals surface area contributed by atoms with Crippen molar-refractivity contribution < 1.29 is 9.53 Å². The van der Waals surface area contributed by atoms with Gasteiger partial charge in [-0.15, -0.1) is 0 Å². The van der Waals surface area contributed by atoms with Crippen molar-refractivity contribution in [2.24, 2.45) is 0 Å². The van der Waals surface area contributed by atoms with Crippen LogP contribution in [-0.2, 0) is 6.54 Å². The van der Waals surface area contributed by atoms with Crippen molar-refractivity contribution in [3.05, 3.63) is 59.2 Å². The molecule has 0 saturated heterocycles. The highest BCUT2D eigenvalue weighted by Gasteiger charge is 2.19. The average molecular weight is 296 g/mol.